The van der Waals surface area contributed by atoms with Crippen LogP contribution in [-0.2, 0) is 9.53 Å². The molecule has 132 valence electrons. The van der Waals surface area contributed by atoms with Crippen molar-refractivity contribution in [1.29, 1.82) is 0 Å². The van der Waals surface area contributed by atoms with Crippen LogP contribution >= 0.6 is 0 Å². The van der Waals surface area contributed by atoms with Crippen molar-refractivity contribution in [3.05, 3.63) is 0 Å². The van der Waals surface area contributed by atoms with Crippen molar-refractivity contribution in [3.8, 4) is 0 Å². The van der Waals surface area contributed by atoms with E-state index < -0.39 is 6.10 Å². The first kappa shape index (κ1) is 21.4. The summed E-state index contributed by atoms with van der Waals surface area (Å²) in [7, 11) is 0. The lowest BCUT2D eigenvalue weighted by atomic mass is 9.92. The number of carbonyl (C=O) groups is 1. The van der Waals surface area contributed by atoms with Gasteiger partial charge in [0.2, 0.25) is 0 Å². The highest BCUT2D eigenvalue weighted by Crippen LogP contribution is 2.20. The van der Waals surface area contributed by atoms with Crippen molar-refractivity contribution in [2.75, 3.05) is 13.2 Å². The molecule has 0 rings (SSSR count). The van der Waals surface area contributed by atoms with Gasteiger partial charge in [-0.3, -0.25) is 4.79 Å². The molecule has 0 aliphatic rings. The molecule has 0 aromatic heterocycles. The fourth-order valence-electron chi connectivity index (χ4n) is 2.59. The number of ether oxygens (including phenoxy) is 1. The number of aliphatic hydroxyl groups excluding tert-OH is 2. The normalized spacial score (nSPS) is 14.4. The lowest BCUT2D eigenvalue weighted by Gasteiger charge is -2.16. The number of hydrogen-bond acceptors (Lipinski definition) is 4. The molecule has 0 aliphatic carbocycles. The molecule has 0 aliphatic heterocycles. The lowest BCUT2D eigenvalue weighted by Crippen LogP contribution is -2.26. The summed E-state index contributed by atoms with van der Waals surface area (Å²) in [5.74, 6) is 1.50. The molecule has 0 aromatic carbocycles. The monoisotopic (exact) mass is 316 g/mol. The fraction of sp³-hybridized carbons (Fsp3) is 0.944. The van der Waals surface area contributed by atoms with Crippen molar-refractivity contribution in [2.24, 2.45) is 17.8 Å². The Hall–Kier alpha value is -0.610. The predicted octanol–water partition coefficient (Wildman–Crippen LogP) is 3.54. The van der Waals surface area contributed by atoms with Gasteiger partial charge < -0.3 is 14.9 Å². The molecule has 2 atom stereocenters. The van der Waals surface area contributed by atoms with Crippen LogP contribution in [0.5, 0.6) is 0 Å². The Bertz CT molecular complexity index is 274. The van der Waals surface area contributed by atoms with Crippen LogP contribution in [0.2, 0.25) is 0 Å². The Morgan fingerprint density at radius 2 is 1.36 bits per heavy atom. The van der Waals surface area contributed by atoms with Gasteiger partial charge in [0.1, 0.15) is 6.10 Å². The third kappa shape index (κ3) is 12.0. The van der Waals surface area contributed by atoms with Crippen LogP contribution in [0, 0.1) is 17.8 Å². The first-order valence-corrected chi connectivity index (χ1v) is 8.80. The van der Waals surface area contributed by atoms with Gasteiger partial charge in [-0.25, -0.2) is 0 Å². The second-order valence-corrected chi connectivity index (χ2v) is 7.15. The molecule has 0 saturated heterocycles. The quantitative estimate of drug-likeness (QED) is 0.510. The highest BCUT2D eigenvalue weighted by Gasteiger charge is 2.15. The van der Waals surface area contributed by atoms with E-state index in [9.17, 15) is 4.79 Å². The highest BCUT2D eigenvalue weighted by molar-refractivity contribution is 5.69. The molecule has 0 bridgehead atoms. The number of aliphatic hydroxyl groups is 2. The van der Waals surface area contributed by atoms with E-state index in [0.29, 0.717) is 6.42 Å². The van der Waals surface area contributed by atoms with Crippen LogP contribution in [0.25, 0.3) is 0 Å². The summed E-state index contributed by atoms with van der Waals surface area (Å²) in [6.07, 6.45) is 6.87. The van der Waals surface area contributed by atoms with Gasteiger partial charge in [0, 0.05) is 6.42 Å². The fourth-order valence-corrected chi connectivity index (χ4v) is 2.59. The van der Waals surface area contributed by atoms with Gasteiger partial charge in [-0.1, -0.05) is 66.2 Å². The van der Waals surface area contributed by atoms with E-state index in [2.05, 4.69) is 27.7 Å². The van der Waals surface area contributed by atoms with Gasteiger partial charge >= 0.3 is 5.97 Å². The Balaban J connectivity index is 3.71. The van der Waals surface area contributed by atoms with Crippen LogP contribution in [0.4, 0.5) is 0 Å². The molecule has 0 aromatic rings. The SMILES string of the molecule is CC(C)CCCC(C)CCCC(C)CC(=O)OC(CO)CO. The van der Waals surface area contributed by atoms with Crippen LogP contribution in [0.15, 0.2) is 0 Å². The van der Waals surface area contributed by atoms with Gasteiger partial charge in [-0.15, -0.1) is 0 Å². The van der Waals surface area contributed by atoms with Crippen LogP contribution in [0.1, 0.15) is 72.6 Å². The Kier molecular flexibility index (Phi) is 12.5. The second kappa shape index (κ2) is 12.9. The van der Waals surface area contributed by atoms with Crippen LogP contribution in [0.3, 0.4) is 0 Å². The first-order valence-electron chi connectivity index (χ1n) is 8.80. The third-order valence-corrected chi connectivity index (χ3v) is 4.09. The molecular weight excluding hydrogens is 280 g/mol. The van der Waals surface area contributed by atoms with Gasteiger partial charge in [0.05, 0.1) is 13.2 Å². The van der Waals surface area contributed by atoms with Crippen molar-refractivity contribution in [3.63, 3.8) is 0 Å². The van der Waals surface area contributed by atoms with Crippen molar-refractivity contribution in [1.82, 2.24) is 0 Å². The van der Waals surface area contributed by atoms with Gasteiger partial charge in [0.15, 0.2) is 0 Å². The van der Waals surface area contributed by atoms with Crippen molar-refractivity contribution < 1.29 is 19.7 Å². The molecule has 0 radical (unpaired) electrons. The third-order valence-electron chi connectivity index (χ3n) is 4.09. The summed E-state index contributed by atoms with van der Waals surface area (Å²) in [4.78, 5) is 11.6. The molecule has 0 saturated carbocycles. The molecule has 2 N–H and O–H groups in total. The first-order chi connectivity index (χ1) is 10.4. The van der Waals surface area contributed by atoms with Crippen molar-refractivity contribution in [2.45, 2.75) is 78.7 Å². The van der Waals surface area contributed by atoms with Gasteiger partial charge in [-0.05, 0) is 17.8 Å². The number of rotatable bonds is 13. The summed E-state index contributed by atoms with van der Waals surface area (Å²) in [5.41, 5.74) is 0. The maximum atomic E-state index is 11.6. The Labute approximate surface area is 136 Å². The molecule has 0 spiro atoms. The van der Waals surface area contributed by atoms with Crippen LogP contribution < -0.4 is 0 Å². The summed E-state index contributed by atoms with van der Waals surface area (Å²) in [6, 6.07) is 0. The predicted molar refractivity (Wildman–Crippen MR) is 89.5 cm³/mol. The largest absolute Gasteiger partial charge is 0.457 e. The van der Waals surface area contributed by atoms with E-state index in [1.165, 1.54) is 25.7 Å². The average molecular weight is 316 g/mol. The zero-order chi connectivity index (χ0) is 17.0. The molecule has 0 fully saturated rings. The van der Waals surface area contributed by atoms with E-state index in [4.69, 9.17) is 14.9 Å². The highest BCUT2D eigenvalue weighted by atomic mass is 16.6. The average Bonchev–Trinajstić information content (AvgIpc) is 2.44. The lowest BCUT2D eigenvalue weighted by molar-refractivity contribution is -0.154. The van der Waals surface area contributed by atoms with E-state index in [0.717, 1.165) is 24.7 Å². The zero-order valence-corrected chi connectivity index (χ0v) is 14.9. The van der Waals surface area contributed by atoms with Crippen molar-refractivity contribution >= 4 is 5.97 Å². The maximum Gasteiger partial charge on any atom is 0.306 e. The van der Waals surface area contributed by atoms with E-state index in [1.54, 1.807) is 0 Å². The molecule has 4 heteroatoms. The van der Waals surface area contributed by atoms with Gasteiger partial charge in [0.25, 0.3) is 0 Å². The smallest absolute Gasteiger partial charge is 0.306 e. The summed E-state index contributed by atoms with van der Waals surface area (Å²) in [6.45, 7) is 8.24. The minimum Gasteiger partial charge on any atom is -0.457 e. The maximum absolute atomic E-state index is 11.6. The number of hydrogen-bond donors (Lipinski definition) is 2. The van der Waals surface area contributed by atoms with E-state index >= 15 is 0 Å². The second-order valence-electron chi connectivity index (χ2n) is 7.15. The Morgan fingerprint density at radius 1 is 0.864 bits per heavy atom. The number of esters is 1. The van der Waals surface area contributed by atoms with E-state index in [-0.39, 0.29) is 25.1 Å². The molecule has 0 heterocycles. The minimum absolute atomic E-state index is 0.286. The topological polar surface area (TPSA) is 66.8 Å². The summed E-state index contributed by atoms with van der Waals surface area (Å²) < 4.78 is 4.98. The molecule has 22 heavy (non-hydrogen) atoms. The molecule has 2 unspecified atom stereocenters. The minimum atomic E-state index is -0.777. The zero-order valence-electron chi connectivity index (χ0n) is 14.9. The standard InChI is InChI=1S/C18H36O4/c1-14(2)7-5-8-15(3)9-6-10-16(4)11-18(21)22-17(12-19)13-20/h14-17,19-20H,5-13H2,1-4H3. The molecular formula is C18H36O4. The number of carbonyl (C=O) groups excluding carboxylic acids is 1. The van der Waals surface area contributed by atoms with Gasteiger partial charge in [-0.2, -0.15) is 0 Å². The molecule has 4 nitrogen and oxygen atoms in total. The molecule has 0 amide bonds. The van der Waals surface area contributed by atoms with Crippen LogP contribution in [-0.4, -0.2) is 35.5 Å². The Morgan fingerprint density at radius 3 is 1.86 bits per heavy atom. The summed E-state index contributed by atoms with van der Waals surface area (Å²) in [5, 5.41) is 17.8. The van der Waals surface area contributed by atoms with E-state index in [1.807, 2.05) is 0 Å². The summed E-state index contributed by atoms with van der Waals surface area (Å²) >= 11 is 0.